The quantitative estimate of drug-likeness (QED) is 0.907. The summed E-state index contributed by atoms with van der Waals surface area (Å²) in [5.41, 5.74) is 1.25. The van der Waals surface area contributed by atoms with Crippen molar-refractivity contribution < 1.29 is 9.59 Å². The number of amides is 2. The minimum absolute atomic E-state index is 0.0219. The van der Waals surface area contributed by atoms with E-state index < -0.39 is 0 Å². The van der Waals surface area contributed by atoms with Gasteiger partial charge in [0.05, 0.1) is 5.75 Å². The highest BCUT2D eigenvalue weighted by Crippen LogP contribution is 2.28. The van der Waals surface area contributed by atoms with Crippen LogP contribution in [-0.2, 0) is 9.59 Å². The van der Waals surface area contributed by atoms with Crippen molar-refractivity contribution in [1.29, 1.82) is 0 Å². The molecule has 0 aromatic heterocycles. The first-order valence-electron chi connectivity index (χ1n) is 7.77. The minimum Gasteiger partial charge on any atom is -0.352 e. The van der Waals surface area contributed by atoms with Crippen LogP contribution in [0.2, 0.25) is 0 Å². The van der Waals surface area contributed by atoms with E-state index in [9.17, 15) is 9.59 Å². The molecule has 0 bridgehead atoms. The van der Waals surface area contributed by atoms with E-state index in [1.54, 1.807) is 11.8 Å². The second-order valence-electron chi connectivity index (χ2n) is 5.74. The first kappa shape index (κ1) is 16.9. The number of carbonyl (C=O) groups excluding carboxylic acids is 2. The Balaban J connectivity index is 1.80. The van der Waals surface area contributed by atoms with Gasteiger partial charge in [0.25, 0.3) is 0 Å². The van der Waals surface area contributed by atoms with Gasteiger partial charge in [-0.25, -0.2) is 0 Å². The molecule has 2 amide bonds. The van der Waals surface area contributed by atoms with Crippen molar-refractivity contribution in [3.8, 4) is 0 Å². The van der Waals surface area contributed by atoms with Gasteiger partial charge < -0.3 is 10.2 Å². The zero-order chi connectivity index (χ0) is 15.9. The molecule has 22 heavy (non-hydrogen) atoms. The van der Waals surface area contributed by atoms with Gasteiger partial charge >= 0.3 is 0 Å². The Hall–Kier alpha value is -1.49. The van der Waals surface area contributed by atoms with Crippen LogP contribution in [-0.4, -0.2) is 41.6 Å². The van der Waals surface area contributed by atoms with Crippen LogP contribution in [0.15, 0.2) is 30.3 Å². The first-order valence-corrected chi connectivity index (χ1v) is 8.82. The van der Waals surface area contributed by atoms with Crippen LogP contribution in [0.1, 0.15) is 37.5 Å². The predicted octanol–water partition coefficient (Wildman–Crippen LogP) is 2.61. The van der Waals surface area contributed by atoms with Gasteiger partial charge in [0.15, 0.2) is 0 Å². The fourth-order valence-corrected chi connectivity index (χ4v) is 3.64. The third-order valence-electron chi connectivity index (χ3n) is 3.91. The largest absolute Gasteiger partial charge is 0.352 e. The molecule has 0 saturated carbocycles. The highest BCUT2D eigenvalue weighted by atomic mass is 32.2. The Bertz CT molecular complexity index is 507. The molecule has 0 aliphatic carbocycles. The third-order valence-corrected chi connectivity index (χ3v) is 5.09. The van der Waals surface area contributed by atoms with E-state index in [1.165, 1.54) is 12.5 Å². The fraction of sp³-hybridized carbons (Fsp3) is 0.529. The summed E-state index contributed by atoms with van der Waals surface area (Å²) >= 11 is 1.67. The normalized spacial score (nSPS) is 19.5. The van der Waals surface area contributed by atoms with Crippen LogP contribution in [0.4, 0.5) is 0 Å². The summed E-state index contributed by atoms with van der Waals surface area (Å²) in [7, 11) is 0. The standard InChI is InChI=1S/C17H24N2O2S/c1-13(15-7-4-3-5-8-15)22-12-17(21)19-10-6-9-16(11-19)18-14(2)20/h3-5,7-8,13,16H,6,9-12H2,1-2H3,(H,18,20)/t13-,16-/m1/s1. The Morgan fingerprint density at radius 1 is 1.36 bits per heavy atom. The van der Waals surface area contributed by atoms with Gasteiger partial charge in [0.1, 0.15) is 0 Å². The molecular weight excluding hydrogens is 296 g/mol. The highest BCUT2D eigenvalue weighted by Gasteiger charge is 2.24. The molecule has 1 heterocycles. The lowest BCUT2D eigenvalue weighted by atomic mass is 10.1. The molecule has 2 atom stereocenters. The number of benzene rings is 1. The second kappa shape index (κ2) is 8.22. The maximum Gasteiger partial charge on any atom is 0.232 e. The molecule has 1 aliphatic rings. The SMILES string of the molecule is CC(=O)N[C@@H]1CCCN(C(=O)CS[C@H](C)c2ccccc2)C1. The molecular formula is C17H24N2O2S. The zero-order valence-electron chi connectivity index (χ0n) is 13.2. The average molecular weight is 320 g/mol. The molecule has 120 valence electrons. The first-order chi connectivity index (χ1) is 10.6. The number of rotatable bonds is 5. The number of nitrogens with one attached hydrogen (secondary N) is 1. The van der Waals surface area contributed by atoms with Gasteiger partial charge in [-0.15, -0.1) is 11.8 Å². The van der Waals surface area contributed by atoms with Crippen LogP contribution in [0.25, 0.3) is 0 Å². The number of hydrogen-bond donors (Lipinski definition) is 1. The highest BCUT2D eigenvalue weighted by molar-refractivity contribution is 8.00. The van der Waals surface area contributed by atoms with Crippen molar-refractivity contribution >= 4 is 23.6 Å². The Morgan fingerprint density at radius 2 is 2.09 bits per heavy atom. The van der Waals surface area contributed by atoms with Crippen molar-refractivity contribution in [2.75, 3.05) is 18.8 Å². The van der Waals surface area contributed by atoms with Gasteiger partial charge in [-0.2, -0.15) is 0 Å². The van der Waals surface area contributed by atoms with E-state index in [1.807, 2.05) is 23.1 Å². The number of hydrogen-bond acceptors (Lipinski definition) is 3. The topological polar surface area (TPSA) is 49.4 Å². The van der Waals surface area contributed by atoms with Crippen molar-refractivity contribution in [2.24, 2.45) is 0 Å². The maximum absolute atomic E-state index is 12.4. The maximum atomic E-state index is 12.4. The van der Waals surface area contributed by atoms with Crippen LogP contribution in [0.5, 0.6) is 0 Å². The summed E-state index contributed by atoms with van der Waals surface area (Å²) in [4.78, 5) is 25.4. The van der Waals surface area contributed by atoms with Crippen molar-refractivity contribution in [2.45, 2.75) is 38.0 Å². The van der Waals surface area contributed by atoms with Crippen LogP contribution in [0.3, 0.4) is 0 Å². The fourth-order valence-electron chi connectivity index (χ4n) is 2.72. The van der Waals surface area contributed by atoms with E-state index in [2.05, 4.69) is 24.4 Å². The number of piperidine rings is 1. The molecule has 2 rings (SSSR count). The van der Waals surface area contributed by atoms with Crippen LogP contribution in [0, 0.1) is 0 Å². The second-order valence-corrected chi connectivity index (χ2v) is 7.07. The predicted molar refractivity (Wildman–Crippen MR) is 90.7 cm³/mol. The van der Waals surface area contributed by atoms with E-state index in [4.69, 9.17) is 0 Å². The van der Waals surface area contributed by atoms with Gasteiger partial charge in [-0.05, 0) is 25.3 Å². The monoisotopic (exact) mass is 320 g/mol. The third kappa shape index (κ3) is 5.05. The van der Waals surface area contributed by atoms with Crippen LogP contribution < -0.4 is 5.32 Å². The summed E-state index contributed by atoms with van der Waals surface area (Å²) in [5, 5.41) is 3.22. The summed E-state index contributed by atoms with van der Waals surface area (Å²) in [6, 6.07) is 10.3. The zero-order valence-corrected chi connectivity index (χ0v) is 14.1. The lowest BCUT2D eigenvalue weighted by Crippen LogP contribution is -2.49. The van der Waals surface area contributed by atoms with Gasteiger partial charge in [-0.1, -0.05) is 30.3 Å². The average Bonchev–Trinajstić information content (AvgIpc) is 2.52. The lowest BCUT2D eigenvalue weighted by molar-refractivity contribution is -0.130. The van der Waals surface area contributed by atoms with Gasteiger partial charge in [0, 0.05) is 31.3 Å². The molecule has 1 aromatic rings. The molecule has 1 fully saturated rings. The van der Waals surface area contributed by atoms with Crippen LogP contribution >= 0.6 is 11.8 Å². The molecule has 1 aromatic carbocycles. The molecule has 4 nitrogen and oxygen atoms in total. The molecule has 1 saturated heterocycles. The molecule has 5 heteroatoms. The molecule has 0 radical (unpaired) electrons. The van der Waals surface area contributed by atoms with E-state index in [0.717, 1.165) is 19.4 Å². The summed E-state index contributed by atoms with van der Waals surface area (Å²) < 4.78 is 0. The summed E-state index contributed by atoms with van der Waals surface area (Å²) in [5.74, 6) is 0.636. The Labute approximate surface area is 136 Å². The van der Waals surface area contributed by atoms with Crippen molar-refractivity contribution in [3.05, 3.63) is 35.9 Å². The van der Waals surface area contributed by atoms with Gasteiger partial charge in [0.2, 0.25) is 11.8 Å². The Morgan fingerprint density at radius 3 is 2.77 bits per heavy atom. The lowest BCUT2D eigenvalue weighted by Gasteiger charge is -2.33. The van der Waals surface area contributed by atoms with Crippen molar-refractivity contribution in [1.82, 2.24) is 10.2 Å². The molecule has 1 aliphatic heterocycles. The molecule has 1 N–H and O–H groups in total. The van der Waals surface area contributed by atoms with E-state index in [-0.39, 0.29) is 17.9 Å². The number of carbonyl (C=O) groups is 2. The van der Waals surface area contributed by atoms with E-state index >= 15 is 0 Å². The summed E-state index contributed by atoms with van der Waals surface area (Å²) in [6.45, 7) is 5.09. The molecule has 0 spiro atoms. The smallest absolute Gasteiger partial charge is 0.232 e. The Kier molecular flexibility index (Phi) is 6.31. The number of nitrogens with zero attached hydrogens (tertiary/aromatic N) is 1. The van der Waals surface area contributed by atoms with E-state index in [0.29, 0.717) is 17.5 Å². The van der Waals surface area contributed by atoms with Crippen molar-refractivity contribution in [3.63, 3.8) is 0 Å². The number of likely N-dealkylation sites (tertiary alicyclic amines) is 1. The minimum atomic E-state index is -0.0219. The summed E-state index contributed by atoms with van der Waals surface area (Å²) in [6.07, 6.45) is 1.91. The number of thioether (sulfide) groups is 1. The van der Waals surface area contributed by atoms with Gasteiger partial charge in [-0.3, -0.25) is 9.59 Å². The molecule has 0 unspecified atom stereocenters.